The molecule has 0 spiro atoms. The SMILES string of the molecule is C1=Cc2c(-c3ccc(N(C4=CCC(c5ccccc5)C=C4)c4ccccc4)c4ccccc34)cc3c(oc4c(-c5ccccc5)cccc43)c2CC1. The Hall–Kier alpha value is -6.38. The molecular weight excluding hydrogens is 631 g/mol. The minimum Gasteiger partial charge on any atom is -0.455 e. The Morgan fingerprint density at radius 2 is 1.29 bits per heavy atom. The molecule has 2 nitrogen and oxygen atoms in total. The quantitative estimate of drug-likeness (QED) is 0.175. The van der Waals surface area contributed by atoms with E-state index in [1.165, 1.54) is 60.9 Å². The van der Waals surface area contributed by atoms with Crippen molar-refractivity contribution in [3.8, 4) is 22.3 Å². The molecule has 0 amide bonds. The molecule has 1 unspecified atom stereocenters. The van der Waals surface area contributed by atoms with Gasteiger partial charge in [-0.2, -0.15) is 0 Å². The number of aryl methyl sites for hydroxylation is 1. The Morgan fingerprint density at radius 3 is 2.08 bits per heavy atom. The van der Waals surface area contributed by atoms with Crippen LogP contribution < -0.4 is 4.90 Å². The molecule has 10 rings (SSSR count). The van der Waals surface area contributed by atoms with Gasteiger partial charge in [-0.3, -0.25) is 0 Å². The van der Waals surface area contributed by atoms with Gasteiger partial charge in [0.05, 0.1) is 5.69 Å². The Bertz CT molecular complexity index is 2700. The number of hydrogen-bond donors (Lipinski definition) is 0. The van der Waals surface area contributed by atoms with E-state index in [1.54, 1.807) is 0 Å². The van der Waals surface area contributed by atoms with Crippen molar-refractivity contribution in [2.45, 2.75) is 25.2 Å². The van der Waals surface area contributed by atoms with Gasteiger partial charge < -0.3 is 9.32 Å². The Labute approximate surface area is 304 Å². The van der Waals surface area contributed by atoms with E-state index in [2.05, 4.69) is 187 Å². The first-order chi connectivity index (χ1) is 25.8. The summed E-state index contributed by atoms with van der Waals surface area (Å²) in [6, 6.07) is 54.7. The molecule has 0 aliphatic heterocycles. The van der Waals surface area contributed by atoms with Gasteiger partial charge in [-0.05, 0) is 82.8 Å². The molecule has 2 heteroatoms. The van der Waals surface area contributed by atoms with Crippen molar-refractivity contribution in [3.63, 3.8) is 0 Å². The zero-order valence-corrected chi connectivity index (χ0v) is 28.9. The van der Waals surface area contributed by atoms with Gasteiger partial charge in [-0.1, -0.05) is 152 Å². The van der Waals surface area contributed by atoms with Gasteiger partial charge >= 0.3 is 0 Å². The minimum absolute atomic E-state index is 0.374. The smallest absolute Gasteiger partial charge is 0.143 e. The summed E-state index contributed by atoms with van der Waals surface area (Å²) in [4.78, 5) is 2.43. The number of rotatable bonds is 6. The molecule has 0 saturated heterocycles. The van der Waals surface area contributed by atoms with Crippen LogP contribution in [0.15, 0.2) is 186 Å². The van der Waals surface area contributed by atoms with Crippen LogP contribution >= 0.6 is 0 Å². The maximum atomic E-state index is 6.86. The summed E-state index contributed by atoms with van der Waals surface area (Å²) in [6.45, 7) is 0. The van der Waals surface area contributed by atoms with Crippen molar-refractivity contribution in [3.05, 3.63) is 198 Å². The molecule has 0 bridgehead atoms. The summed E-state index contributed by atoms with van der Waals surface area (Å²) in [7, 11) is 0. The number of anilines is 2. The number of furan rings is 1. The first kappa shape index (κ1) is 30.4. The molecule has 2 aliphatic carbocycles. The normalized spacial score (nSPS) is 15.2. The maximum Gasteiger partial charge on any atom is 0.143 e. The lowest BCUT2D eigenvalue weighted by Crippen LogP contribution is -2.17. The van der Waals surface area contributed by atoms with Gasteiger partial charge in [0, 0.05) is 44.6 Å². The van der Waals surface area contributed by atoms with Crippen molar-refractivity contribution in [1.82, 2.24) is 0 Å². The molecular formula is C50H37NO. The third kappa shape index (κ3) is 5.10. The second-order valence-corrected chi connectivity index (χ2v) is 13.9. The third-order valence-corrected chi connectivity index (χ3v) is 10.9. The largest absolute Gasteiger partial charge is 0.455 e. The number of para-hydroxylation sites is 2. The zero-order valence-electron chi connectivity index (χ0n) is 28.9. The second kappa shape index (κ2) is 12.7. The summed E-state index contributed by atoms with van der Waals surface area (Å²) in [5.41, 5.74) is 14.2. The Balaban J connectivity index is 1.15. The molecule has 1 heterocycles. The van der Waals surface area contributed by atoms with E-state index in [1.807, 2.05) is 0 Å². The molecule has 248 valence electrons. The summed E-state index contributed by atoms with van der Waals surface area (Å²) in [5, 5.41) is 4.81. The molecule has 2 aliphatic rings. The molecule has 52 heavy (non-hydrogen) atoms. The second-order valence-electron chi connectivity index (χ2n) is 13.9. The van der Waals surface area contributed by atoms with E-state index in [0.29, 0.717) is 5.92 Å². The van der Waals surface area contributed by atoms with Crippen LogP contribution in [0.4, 0.5) is 11.4 Å². The van der Waals surface area contributed by atoms with Crippen molar-refractivity contribution >= 4 is 50.2 Å². The van der Waals surface area contributed by atoms with Gasteiger partial charge in [0.25, 0.3) is 0 Å². The van der Waals surface area contributed by atoms with E-state index < -0.39 is 0 Å². The van der Waals surface area contributed by atoms with Crippen molar-refractivity contribution in [1.29, 1.82) is 0 Å². The average Bonchev–Trinajstić information content (AvgIpc) is 3.61. The van der Waals surface area contributed by atoms with Crippen molar-refractivity contribution in [2.75, 3.05) is 4.90 Å². The fourth-order valence-corrected chi connectivity index (χ4v) is 8.39. The maximum absolute atomic E-state index is 6.86. The summed E-state index contributed by atoms with van der Waals surface area (Å²) in [6.07, 6.45) is 14.6. The van der Waals surface area contributed by atoms with Crippen LogP contribution in [0.3, 0.4) is 0 Å². The van der Waals surface area contributed by atoms with Crippen LogP contribution in [0, 0.1) is 0 Å². The lowest BCUT2D eigenvalue weighted by atomic mass is 9.86. The number of benzene rings is 7. The third-order valence-electron chi connectivity index (χ3n) is 10.9. The standard InChI is InChI=1S/C50H37NO/c1-4-15-34(16-5-1)35-27-29-38(30-28-35)51(37-19-8-3-9-20-37)48-32-31-42(40-21-10-12-23-43(40)48)46-33-47-45-26-14-25-39(36-17-6-2-7-18-36)49(45)52-50(47)44-24-13-11-22-41(44)46/h1-12,14-23,25-27,29-33,35H,13,24,28H2. The highest BCUT2D eigenvalue weighted by Crippen LogP contribution is 2.46. The van der Waals surface area contributed by atoms with Gasteiger partial charge in [-0.25, -0.2) is 0 Å². The Morgan fingerprint density at radius 1 is 0.558 bits per heavy atom. The van der Waals surface area contributed by atoms with Crippen LogP contribution in [0.25, 0.3) is 61.0 Å². The summed E-state index contributed by atoms with van der Waals surface area (Å²) < 4.78 is 6.86. The predicted octanol–water partition coefficient (Wildman–Crippen LogP) is 13.8. The van der Waals surface area contributed by atoms with Crippen LogP contribution in [0.2, 0.25) is 0 Å². The van der Waals surface area contributed by atoms with E-state index >= 15 is 0 Å². The summed E-state index contributed by atoms with van der Waals surface area (Å²) >= 11 is 0. The Kier molecular flexibility index (Phi) is 7.46. The molecule has 1 atom stereocenters. The van der Waals surface area contributed by atoms with Crippen LogP contribution in [-0.2, 0) is 6.42 Å². The first-order valence-corrected chi connectivity index (χ1v) is 18.4. The topological polar surface area (TPSA) is 16.4 Å². The van der Waals surface area contributed by atoms with Gasteiger partial charge in [-0.15, -0.1) is 0 Å². The number of nitrogens with zero attached hydrogens (tertiary/aromatic N) is 1. The average molecular weight is 668 g/mol. The van der Waals surface area contributed by atoms with Crippen LogP contribution in [0.1, 0.15) is 35.4 Å². The van der Waals surface area contributed by atoms with Crippen LogP contribution in [-0.4, -0.2) is 0 Å². The highest BCUT2D eigenvalue weighted by atomic mass is 16.3. The van der Waals surface area contributed by atoms with E-state index in [4.69, 9.17) is 4.42 Å². The fraction of sp³-hybridized carbons (Fsp3) is 0.0800. The molecule has 0 saturated carbocycles. The summed E-state index contributed by atoms with van der Waals surface area (Å²) in [5.74, 6) is 0.374. The lowest BCUT2D eigenvalue weighted by Gasteiger charge is -2.30. The molecule has 7 aromatic carbocycles. The van der Waals surface area contributed by atoms with Gasteiger partial charge in [0.15, 0.2) is 0 Å². The van der Waals surface area contributed by atoms with E-state index in [-0.39, 0.29) is 0 Å². The molecule has 0 N–H and O–H groups in total. The molecule has 8 aromatic rings. The molecule has 1 aromatic heterocycles. The van der Waals surface area contributed by atoms with Gasteiger partial charge in [0.2, 0.25) is 0 Å². The number of allylic oxidation sites excluding steroid dienone is 4. The van der Waals surface area contributed by atoms with E-state index in [0.717, 1.165) is 47.1 Å². The fourth-order valence-electron chi connectivity index (χ4n) is 8.39. The molecule has 0 fully saturated rings. The monoisotopic (exact) mass is 667 g/mol. The van der Waals surface area contributed by atoms with E-state index in [9.17, 15) is 0 Å². The van der Waals surface area contributed by atoms with Crippen LogP contribution in [0.5, 0.6) is 0 Å². The predicted molar refractivity (Wildman–Crippen MR) is 219 cm³/mol. The minimum atomic E-state index is 0.374. The van der Waals surface area contributed by atoms with Gasteiger partial charge in [0.1, 0.15) is 11.2 Å². The van der Waals surface area contributed by atoms with Crippen molar-refractivity contribution < 1.29 is 4.42 Å². The molecule has 0 radical (unpaired) electrons. The first-order valence-electron chi connectivity index (χ1n) is 18.4. The zero-order chi connectivity index (χ0) is 34.4. The lowest BCUT2D eigenvalue weighted by molar-refractivity contribution is 0.662. The van der Waals surface area contributed by atoms with Crippen molar-refractivity contribution in [2.24, 2.45) is 0 Å². The number of hydrogen-bond acceptors (Lipinski definition) is 2. The highest BCUT2D eigenvalue weighted by molar-refractivity contribution is 6.14. The number of fused-ring (bicyclic) bond motifs is 6. The highest BCUT2D eigenvalue weighted by Gasteiger charge is 2.24.